The molecule has 1 aliphatic carbocycles. The summed E-state index contributed by atoms with van der Waals surface area (Å²) < 4.78 is 33.0. The molecule has 1 aromatic rings. The van der Waals surface area contributed by atoms with E-state index in [1.54, 1.807) is 4.68 Å². The van der Waals surface area contributed by atoms with Crippen LogP contribution >= 0.6 is 12.2 Å². The lowest BCUT2D eigenvalue weighted by molar-refractivity contribution is 0.312. The monoisotopic (exact) mass is 264 g/mol. The van der Waals surface area contributed by atoms with Gasteiger partial charge in [-0.15, -0.1) is 0 Å². The minimum atomic E-state index is -3.96. The lowest BCUT2D eigenvalue weighted by Crippen LogP contribution is -2.29. The standard InChI is InChI=1S/C7H12N4O3S2/c12-16(13,14)6-3-1-2-5(4-6)11-7(15)8-9-10-11/h5-6H,1-4H2,(H,8,10,15)(H,12,13,14). The summed E-state index contributed by atoms with van der Waals surface area (Å²) >= 11 is 4.94. The van der Waals surface area contributed by atoms with Crippen LogP contribution in [0.25, 0.3) is 0 Å². The number of hydrogen-bond acceptors (Lipinski definition) is 5. The molecule has 2 N–H and O–H groups in total. The Morgan fingerprint density at radius 2 is 2.25 bits per heavy atom. The molecule has 0 saturated heterocycles. The van der Waals surface area contributed by atoms with Crippen LogP contribution in [0.1, 0.15) is 31.7 Å². The summed E-state index contributed by atoms with van der Waals surface area (Å²) in [5, 5.41) is 9.11. The molecule has 0 amide bonds. The number of nitrogens with zero attached hydrogens (tertiary/aromatic N) is 3. The first-order valence-electron chi connectivity index (χ1n) is 4.94. The maximum Gasteiger partial charge on any atom is 0.267 e. The van der Waals surface area contributed by atoms with Gasteiger partial charge in [-0.05, 0) is 37.9 Å². The van der Waals surface area contributed by atoms with Gasteiger partial charge in [0.2, 0.25) is 4.77 Å². The first-order valence-corrected chi connectivity index (χ1v) is 6.85. The Labute approximate surface area is 97.6 Å². The van der Waals surface area contributed by atoms with Gasteiger partial charge in [-0.1, -0.05) is 10.3 Å². The zero-order chi connectivity index (χ0) is 11.8. The highest BCUT2D eigenvalue weighted by molar-refractivity contribution is 7.86. The molecule has 1 aliphatic rings. The molecule has 0 spiro atoms. The molecule has 90 valence electrons. The molecule has 2 rings (SSSR count). The zero-order valence-electron chi connectivity index (χ0n) is 8.40. The fourth-order valence-electron chi connectivity index (χ4n) is 2.07. The predicted molar refractivity (Wildman–Crippen MR) is 58.0 cm³/mol. The highest BCUT2D eigenvalue weighted by Crippen LogP contribution is 2.31. The molecule has 1 fully saturated rings. The van der Waals surface area contributed by atoms with Crippen molar-refractivity contribution >= 4 is 22.3 Å². The second-order valence-corrected chi connectivity index (χ2v) is 5.97. The van der Waals surface area contributed by atoms with Crippen LogP contribution in [0.15, 0.2) is 0 Å². The van der Waals surface area contributed by atoms with E-state index in [0.717, 1.165) is 12.8 Å². The van der Waals surface area contributed by atoms with Crippen LogP contribution in [0.5, 0.6) is 0 Å². The van der Waals surface area contributed by atoms with Crippen LogP contribution in [0.4, 0.5) is 0 Å². The Kier molecular flexibility index (Phi) is 3.08. The SMILES string of the molecule is O=S(=O)(O)C1CCCC(n2[nH]nnc2=S)C1. The van der Waals surface area contributed by atoms with Crippen LogP contribution in [-0.4, -0.2) is 38.4 Å². The molecule has 0 aromatic carbocycles. The predicted octanol–water partition coefficient (Wildman–Crippen LogP) is 0.707. The van der Waals surface area contributed by atoms with Crippen LogP contribution in [-0.2, 0) is 10.1 Å². The van der Waals surface area contributed by atoms with Gasteiger partial charge >= 0.3 is 0 Å². The number of aromatic amines is 1. The first kappa shape index (κ1) is 11.7. The van der Waals surface area contributed by atoms with Crippen molar-refractivity contribution in [3.63, 3.8) is 0 Å². The molecule has 2 atom stereocenters. The van der Waals surface area contributed by atoms with Gasteiger partial charge < -0.3 is 0 Å². The average Bonchev–Trinajstić information content (AvgIpc) is 2.63. The summed E-state index contributed by atoms with van der Waals surface area (Å²) in [5.74, 6) is 0. The summed E-state index contributed by atoms with van der Waals surface area (Å²) in [6.45, 7) is 0. The highest BCUT2D eigenvalue weighted by atomic mass is 32.2. The second-order valence-electron chi connectivity index (χ2n) is 3.91. The summed E-state index contributed by atoms with van der Waals surface area (Å²) in [5.41, 5.74) is 0. The van der Waals surface area contributed by atoms with Crippen LogP contribution in [0.2, 0.25) is 0 Å². The van der Waals surface area contributed by atoms with E-state index in [9.17, 15) is 8.42 Å². The Morgan fingerprint density at radius 1 is 1.50 bits per heavy atom. The van der Waals surface area contributed by atoms with Crippen molar-refractivity contribution in [2.75, 3.05) is 0 Å². The molecule has 1 aromatic heterocycles. The smallest absolute Gasteiger partial charge is 0.267 e. The second kappa shape index (κ2) is 4.22. The van der Waals surface area contributed by atoms with Crippen molar-refractivity contribution in [1.82, 2.24) is 20.2 Å². The number of H-pyrrole nitrogens is 1. The molecule has 7 nitrogen and oxygen atoms in total. The van der Waals surface area contributed by atoms with E-state index in [4.69, 9.17) is 16.8 Å². The minimum absolute atomic E-state index is 0.0804. The molecular formula is C7H12N4O3S2. The summed E-state index contributed by atoms with van der Waals surface area (Å²) in [4.78, 5) is 0. The van der Waals surface area contributed by atoms with Gasteiger partial charge in [0, 0.05) is 0 Å². The van der Waals surface area contributed by atoms with Crippen molar-refractivity contribution in [3.8, 4) is 0 Å². The number of hydrogen-bond donors (Lipinski definition) is 2. The van der Waals surface area contributed by atoms with Gasteiger partial charge in [-0.2, -0.15) is 13.6 Å². The molecule has 1 heterocycles. The summed E-state index contributed by atoms with van der Waals surface area (Å²) in [6.07, 6.45) is 2.38. The number of tetrazole rings is 1. The highest BCUT2D eigenvalue weighted by Gasteiger charge is 2.31. The fraction of sp³-hybridized carbons (Fsp3) is 0.857. The lowest BCUT2D eigenvalue weighted by Gasteiger charge is -2.26. The molecule has 2 unspecified atom stereocenters. The van der Waals surface area contributed by atoms with E-state index in [2.05, 4.69) is 15.5 Å². The normalized spacial score (nSPS) is 26.8. The largest absolute Gasteiger partial charge is 0.285 e. The number of aromatic nitrogens is 4. The van der Waals surface area contributed by atoms with Crippen molar-refractivity contribution in [2.45, 2.75) is 37.0 Å². The molecule has 1 saturated carbocycles. The maximum absolute atomic E-state index is 11.1. The Morgan fingerprint density at radius 3 is 2.81 bits per heavy atom. The average molecular weight is 264 g/mol. The summed E-state index contributed by atoms with van der Waals surface area (Å²) in [7, 11) is -3.96. The topological polar surface area (TPSA) is 101 Å². The Balaban J connectivity index is 2.20. The van der Waals surface area contributed by atoms with Gasteiger partial charge in [-0.25, -0.2) is 4.68 Å². The fourth-order valence-corrected chi connectivity index (χ4v) is 3.23. The van der Waals surface area contributed by atoms with Gasteiger partial charge in [0.25, 0.3) is 10.1 Å². The third-order valence-electron chi connectivity index (χ3n) is 2.88. The Bertz CT molecular complexity index is 520. The van der Waals surface area contributed by atoms with Crippen molar-refractivity contribution in [2.24, 2.45) is 0 Å². The van der Waals surface area contributed by atoms with Gasteiger partial charge in [0.05, 0.1) is 11.3 Å². The van der Waals surface area contributed by atoms with Crippen LogP contribution in [0.3, 0.4) is 0 Å². The van der Waals surface area contributed by atoms with Gasteiger partial charge in [0.1, 0.15) is 0 Å². The van der Waals surface area contributed by atoms with Gasteiger partial charge in [0.15, 0.2) is 0 Å². The molecule has 0 aliphatic heterocycles. The number of rotatable bonds is 2. The first-order chi connectivity index (χ1) is 7.48. The van der Waals surface area contributed by atoms with Crippen LogP contribution < -0.4 is 0 Å². The third-order valence-corrected chi connectivity index (χ3v) is 4.43. The van der Waals surface area contributed by atoms with E-state index in [-0.39, 0.29) is 6.04 Å². The molecule has 9 heteroatoms. The zero-order valence-corrected chi connectivity index (χ0v) is 10.0. The Hall–Kier alpha value is -0.800. The quantitative estimate of drug-likeness (QED) is 0.602. The van der Waals surface area contributed by atoms with E-state index >= 15 is 0 Å². The van der Waals surface area contributed by atoms with Crippen molar-refractivity contribution in [1.29, 1.82) is 0 Å². The van der Waals surface area contributed by atoms with E-state index in [1.165, 1.54) is 0 Å². The lowest BCUT2D eigenvalue weighted by atomic mass is 9.95. The molecule has 0 bridgehead atoms. The van der Waals surface area contributed by atoms with E-state index in [1.807, 2.05) is 0 Å². The molecular weight excluding hydrogens is 252 g/mol. The van der Waals surface area contributed by atoms with Crippen molar-refractivity contribution in [3.05, 3.63) is 4.77 Å². The third kappa shape index (κ3) is 2.30. The molecule has 0 radical (unpaired) electrons. The molecule has 16 heavy (non-hydrogen) atoms. The maximum atomic E-state index is 11.1. The van der Waals surface area contributed by atoms with Gasteiger partial charge in [-0.3, -0.25) is 4.55 Å². The van der Waals surface area contributed by atoms with Crippen molar-refractivity contribution < 1.29 is 13.0 Å². The summed E-state index contributed by atoms with van der Waals surface area (Å²) in [6, 6.07) is -0.0804. The van der Waals surface area contributed by atoms with E-state index < -0.39 is 15.4 Å². The number of nitrogens with one attached hydrogen (secondary N) is 1. The minimum Gasteiger partial charge on any atom is -0.285 e. The van der Waals surface area contributed by atoms with Crippen LogP contribution in [0, 0.1) is 4.77 Å². The van der Waals surface area contributed by atoms with E-state index in [0.29, 0.717) is 17.6 Å².